The first-order valence-electron chi connectivity index (χ1n) is 10.0. The third kappa shape index (κ3) is 14.1. The molecule has 2 unspecified atom stereocenters. The lowest BCUT2D eigenvalue weighted by atomic mass is 10.0. The Morgan fingerprint density at radius 2 is 1.52 bits per heavy atom. The Morgan fingerprint density at radius 1 is 0.889 bits per heavy atom. The van der Waals surface area contributed by atoms with Gasteiger partial charge >= 0.3 is 11.9 Å². The van der Waals surface area contributed by atoms with Crippen LogP contribution in [-0.4, -0.2) is 49.7 Å². The van der Waals surface area contributed by atoms with Gasteiger partial charge in [-0.2, -0.15) is 0 Å². The number of amides is 1. The van der Waals surface area contributed by atoms with Gasteiger partial charge in [0.15, 0.2) is 0 Å². The normalized spacial score (nSPS) is 12.9. The largest absolute Gasteiger partial charge is 0.466 e. The molecule has 0 radical (unpaired) electrons. The van der Waals surface area contributed by atoms with E-state index in [4.69, 9.17) is 20.9 Å². The molecule has 27 heavy (non-hydrogen) atoms. The Kier molecular flexibility index (Phi) is 15.5. The lowest BCUT2D eigenvalue weighted by molar-refractivity contribution is -0.148. The molecule has 1 amide bonds. The lowest BCUT2D eigenvalue weighted by Gasteiger charge is -2.17. The number of nitrogens with two attached hydrogens (primary N) is 2. The van der Waals surface area contributed by atoms with Gasteiger partial charge in [-0.1, -0.05) is 12.8 Å². The third-order valence-corrected chi connectivity index (χ3v) is 4.11. The summed E-state index contributed by atoms with van der Waals surface area (Å²) < 4.78 is 9.82. The first-order chi connectivity index (χ1) is 12.9. The van der Waals surface area contributed by atoms with E-state index in [0.29, 0.717) is 19.4 Å². The number of carbonyl (C=O) groups is 3. The number of carbonyl (C=O) groups excluding carboxylic acids is 3. The fourth-order valence-electron chi connectivity index (χ4n) is 2.64. The van der Waals surface area contributed by atoms with Crippen molar-refractivity contribution in [1.29, 1.82) is 0 Å². The summed E-state index contributed by atoms with van der Waals surface area (Å²) in [7, 11) is 0. The molecule has 0 heterocycles. The number of rotatable bonds is 16. The van der Waals surface area contributed by atoms with Crippen molar-refractivity contribution in [2.45, 2.75) is 83.7 Å². The Bertz CT molecular complexity index is 432. The van der Waals surface area contributed by atoms with Gasteiger partial charge in [-0.15, -0.1) is 0 Å². The minimum atomic E-state index is -0.833. The van der Waals surface area contributed by atoms with Crippen LogP contribution in [0.4, 0.5) is 0 Å². The van der Waals surface area contributed by atoms with E-state index in [-0.39, 0.29) is 38.0 Å². The van der Waals surface area contributed by atoms with Crippen molar-refractivity contribution in [2.24, 2.45) is 11.5 Å². The van der Waals surface area contributed by atoms with Crippen LogP contribution in [0.15, 0.2) is 0 Å². The van der Waals surface area contributed by atoms with E-state index in [2.05, 4.69) is 5.32 Å². The fourth-order valence-corrected chi connectivity index (χ4v) is 2.64. The summed E-state index contributed by atoms with van der Waals surface area (Å²) in [6, 6.07) is -0.697. The molecule has 0 rings (SSSR count). The molecule has 0 aromatic heterocycles. The maximum Gasteiger partial charge on any atom is 0.328 e. The second-order valence-electron chi connectivity index (χ2n) is 6.51. The van der Waals surface area contributed by atoms with Crippen LogP contribution in [0.3, 0.4) is 0 Å². The molecule has 8 nitrogen and oxygen atoms in total. The summed E-state index contributed by atoms with van der Waals surface area (Å²) >= 11 is 0. The number of hydrogen-bond acceptors (Lipinski definition) is 7. The van der Waals surface area contributed by atoms with Crippen molar-refractivity contribution in [1.82, 2.24) is 5.32 Å². The topological polar surface area (TPSA) is 134 Å². The molecule has 0 spiro atoms. The Morgan fingerprint density at radius 3 is 2.11 bits per heavy atom. The summed E-state index contributed by atoms with van der Waals surface area (Å²) in [6.07, 6.45) is 5.89. The Balaban J connectivity index is 4.19. The molecule has 0 fully saturated rings. The second kappa shape index (κ2) is 16.5. The van der Waals surface area contributed by atoms with E-state index in [9.17, 15) is 14.4 Å². The van der Waals surface area contributed by atoms with E-state index in [0.717, 1.165) is 32.1 Å². The van der Waals surface area contributed by atoms with E-state index < -0.39 is 18.0 Å². The number of hydrogen-bond donors (Lipinski definition) is 3. The summed E-state index contributed by atoms with van der Waals surface area (Å²) in [6.45, 7) is 4.59. The van der Waals surface area contributed by atoms with Crippen LogP contribution in [0.5, 0.6) is 0 Å². The minimum Gasteiger partial charge on any atom is -0.466 e. The van der Waals surface area contributed by atoms with Crippen LogP contribution >= 0.6 is 0 Å². The molecular weight excluding hydrogens is 350 g/mol. The number of nitrogens with one attached hydrogen (secondary N) is 1. The number of esters is 2. The van der Waals surface area contributed by atoms with Crippen molar-refractivity contribution in [3.63, 3.8) is 0 Å². The van der Waals surface area contributed by atoms with E-state index in [1.807, 2.05) is 0 Å². The lowest BCUT2D eigenvalue weighted by Crippen LogP contribution is -2.42. The van der Waals surface area contributed by atoms with Crippen molar-refractivity contribution in [3.8, 4) is 0 Å². The zero-order valence-corrected chi connectivity index (χ0v) is 16.8. The highest BCUT2D eigenvalue weighted by Gasteiger charge is 2.23. The number of unbranched alkanes of at least 4 members (excludes halogenated alkanes) is 2. The molecule has 0 aromatic rings. The highest BCUT2D eigenvalue weighted by molar-refractivity contribution is 5.84. The van der Waals surface area contributed by atoms with Crippen molar-refractivity contribution >= 4 is 17.8 Å². The van der Waals surface area contributed by atoms with E-state index >= 15 is 0 Å². The Hall–Kier alpha value is -1.67. The zero-order valence-electron chi connectivity index (χ0n) is 16.8. The predicted octanol–water partition coefficient (Wildman–Crippen LogP) is 1.39. The quantitative estimate of drug-likeness (QED) is 0.269. The SMILES string of the molecule is CCOC(=O)CCC(NC(=O)CCCCC(N)CCCCN)C(=O)OCC. The highest BCUT2D eigenvalue weighted by Crippen LogP contribution is 2.09. The zero-order chi connectivity index (χ0) is 20.5. The molecule has 158 valence electrons. The molecule has 0 bridgehead atoms. The average Bonchev–Trinajstić information content (AvgIpc) is 2.63. The van der Waals surface area contributed by atoms with Gasteiger partial charge in [0.05, 0.1) is 13.2 Å². The van der Waals surface area contributed by atoms with Crippen LogP contribution < -0.4 is 16.8 Å². The fraction of sp³-hybridized carbons (Fsp3) is 0.842. The van der Waals surface area contributed by atoms with Gasteiger partial charge < -0.3 is 26.3 Å². The van der Waals surface area contributed by atoms with Gasteiger partial charge in [-0.3, -0.25) is 9.59 Å². The van der Waals surface area contributed by atoms with Crippen LogP contribution in [-0.2, 0) is 23.9 Å². The first-order valence-corrected chi connectivity index (χ1v) is 10.0. The number of ether oxygens (including phenoxy) is 2. The highest BCUT2D eigenvalue weighted by atomic mass is 16.5. The standard InChI is InChI=1S/C19H37N3O5/c1-3-26-18(24)13-12-16(19(25)27-4-2)22-17(23)11-6-5-9-15(21)10-7-8-14-20/h15-16H,3-14,20-21H2,1-2H3,(H,22,23). The van der Waals surface area contributed by atoms with E-state index in [1.165, 1.54) is 0 Å². The monoisotopic (exact) mass is 387 g/mol. The van der Waals surface area contributed by atoms with Crippen molar-refractivity contribution in [2.75, 3.05) is 19.8 Å². The molecule has 0 saturated carbocycles. The first kappa shape index (κ1) is 25.3. The summed E-state index contributed by atoms with van der Waals surface area (Å²) in [5, 5.41) is 2.66. The summed E-state index contributed by atoms with van der Waals surface area (Å²) in [4.78, 5) is 35.6. The predicted molar refractivity (Wildman–Crippen MR) is 104 cm³/mol. The smallest absolute Gasteiger partial charge is 0.328 e. The van der Waals surface area contributed by atoms with Crippen LogP contribution in [0.25, 0.3) is 0 Å². The molecule has 8 heteroatoms. The molecule has 0 aliphatic heterocycles. The maximum atomic E-state index is 12.1. The maximum absolute atomic E-state index is 12.1. The average molecular weight is 388 g/mol. The van der Waals surface area contributed by atoms with Crippen molar-refractivity contribution in [3.05, 3.63) is 0 Å². The summed E-state index contributed by atoms with van der Waals surface area (Å²) in [5.41, 5.74) is 11.5. The van der Waals surface area contributed by atoms with Crippen LogP contribution in [0.1, 0.15) is 71.6 Å². The molecular formula is C19H37N3O5. The third-order valence-electron chi connectivity index (χ3n) is 4.11. The molecule has 0 aromatic carbocycles. The second-order valence-corrected chi connectivity index (χ2v) is 6.51. The van der Waals surface area contributed by atoms with E-state index in [1.54, 1.807) is 13.8 Å². The minimum absolute atomic E-state index is 0.0508. The van der Waals surface area contributed by atoms with Gasteiger partial charge in [0.25, 0.3) is 0 Å². The van der Waals surface area contributed by atoms with Gasteiger partial charge in [-0.25, -0.2) is 4.79 Å². The van der Waals surface area contributed by atoms with Gasteiger partial charge in [0.1, 0.15) is 6.04 Å². The van der Waals surface area contributed by atoms with Crippen LogP contribution in [0, 0.1) is 0 Å². The van der Waals surface area contributed by atoms with Gasteiger partial charge in [0, 0.05) is 18.9 Å². The molecule has 0 aliphatic carbocycles. The van der Waals surface area contributed by atoms with Gasteiger partial charge in [0.2, 0.25) is 5.91 Å². The van der Waals surface area contributed by atoms with Crippen LogP contribution in [0.2, 0.25) is 0 Å². The molecule has 5 N–H and O–H groups in total. The molecule has 0 saturated heterocycles. The van der Waals surface area contributed by atoms with Gasteiger partial charge in [-0.05, 0) is 52.5 Å². The summed E-state index contributed by atoms with van der Waals surface area (Å²) in [5.74, 6) is -1.16. The Labute approximate surface area is 162 Å². The molecule has 2 atom stereocenters. The van der Waals surface area contributed by atoms with Crippen molar-refractivity contribution < 1.29 is 23.9 Å². The molecule has 0 aliphatic rings.